The highest BCUT2D eigenvalue weighted by Gasteiger charge is 2.38. The molecule has 2 aliphatic rings. The molecule has 2 aromatic rings. The zero-order valence-electron chi connectivity index (χ0n) is 15.6. The van der Waals surface area contributed by atoms with Gasteiger partial charge in [0.25, 0.3) is 5.91 Å². The van der Waals surface area contributed by atoms with Gasteiger partial charge in [-0.3, -0.25) is 9.59 Å². The summed E-state index contributed by atoms with van der Waals surface area (Å²) < 4.78 is 7.57. The predicted octanol–water partition coefficient (Wildman–Crippen LogP) is 1.33. The third-order valence-electron chi connectivity index (χ3n) is 5.30. The maximum Gasteiger partial charge on any atom is 0.272 e. The summed E-state index contributed by atoms with van der Waals surface area (Å²) in [6.45, 7) is 4.64. The van der Waals surface area contributed by atoms with Crippen LogP contribution in [0.2, 0.25) is 0 Å². The lowest BCUT2D eigenvalue weighted by molar-refractivity contribution is -0.133. The first-order valence-corrected chi connectivity index (χ1v) is 10.1. The summed E-state index contributed by atoms with van der Waals surface area (Å²) in [7, 11) is 1.84. The number of ether oxygens (including phenoxy) is 1. The number of fused-ring (bicyclic) bond motifs is 3. The highest BCUT2D eigenvalue weighted by atomic mass is 32.1. The minimum Gasteiger partial charge on any atom is -0.379 e. The van der Waals surface area contributed by atoms with Crippen molar-refractivity contribution >= 4 is 23.2 Å². The summed E-state index contributed by atoms with van der Waals surface area (Å²) in [6.07, 6.45) is 2.08. The summed E-state index contributed by atoms with van der Waals surface area (Å²) in [5.74, 6) is 0.225. The van der Waals surface area contributed by atoms with Gasteiger partial charge in [-0.25, -0.2) is 4.98 Å². The van der Waals surface area contributed by atoms with Crippen LogP contribution >= 0.6 is 11.3 Å². The van der Waals surface area contributed by atoms with Crippen molar-refractivity contribution in [3.63, 3.8) is 0 Å². The number of aromatic nitrogens is 2. The second-order valence-electron chi connectivity index (χ2n) is 7.36. The number of thiophene rings is 1. The van der Waals surface area contributed by atoms with Crippen LogP contribution in [-0.4, -0.2) is 70.1 Å². The van der Waals surface area contributed by atoms with Crippen LogP contribution in [0, 0.1) is 12.8 Å². The molecular formula is C19H24N4O3S. The number of nitrogens with zero attached hydrogens (tertiary/aromatic N) is 4. The second-order valence-corrected chi connectivity index (χ2v) is 8.39. The molecule has 2 fully saturated rings. The van der Waals surface area contributed by atoms with Gasteiger partial charge in [0.1, 0.15) is 5.69 Å². The molecular weight excluding hydrogens is 364 g/mol. The van der Waals surface area contributed by atoms with E-state index in [4.69, 9.17) is 4.74 Å². The van der Waals surface area contributed by atoms with Crippen molar-refractivity contribution in [2.75, 3.05) is 32.8 Å². The molecule has 7 nitrogen and oxygen atoms in total. The Morgan fingerprint density at radius 2 is 2.15 bits per heavy atom. The van der Waals surface area contributed by atoms with E-state index >= 15 is 0 Å². The molecule has 0 aliphatic carbocycles. The molecule has 0 radical (unpaired) electrons. The highest BCUT2D eigenvalue weighted by molar-refractivity contribution is 7.10. The Labute approximate surface area is 162 Å². The lowest BCUT2D eigenvalue weighted by atomic mass is 10.1. The molecule has 0 spiro atoms. The highest BCUT2D eigenvalue weighted by Crippen LogP contribution is 2.23. The molecule has 4 heterocycles. The van der Waals surface area contributed by atoms with E-state index in [1.165, 1.54) is 0 Å². The number of hydrogen-bond donors (Lipinski definition) is 0. The Balaban J connectivity index is 1.54. The number of hydrogen-bond acceptors (Lipinski definition) is 5. The monoisotopic (exact) mass is 388 g/mol. The maximum atomic E-state index is 13.1. The zero-order chi connectivity index (χ0) is 19.0. The molecule has 27 heavy (non-hydrogen) atoms. The molecule has 2 atom stereocenters. The van der Waals surface area contributed by atoms with Crippen molar-refractivity contribution in [3.8, 4) is 0 Å². The molecule has 0 N–H and O–H groups in total. The van der Waals surface area contributed by atoms with Crippen molar-refractivity contribution in [1.82, 2.24) is 19.4 Å². The minimum atomic E-state index is -0.109. The van der Waals surface area contributed by atoms with Crippen LogP contribution in [0.4, 0.5) is 0 Å². The van der Waals surface area contributed by atoms with Gasteiger partial charge in [0.05, 0.1) is 37.7 Å². The number of amides is 2. The smallest absolute Gasteiger partial charge is 0.272 e. The molecule has 2 amide bonds. The Hall–Kier alpha value is -2.19. The third-order valence-corrected chi connectivity index (χ3v) is 6.18. The summed E-state index contributed by atoms with van der Waals surface area (Å²) in [5.41, 5.74) is 1.35. The van der Waals surface area contributed by atoms with E-state index in [1.807, 2.05) is 41.3 Å². The van der Waals surface area contributed by atoms with Crippen LogP contribution in [-0.2, 0) is 23.0 Å². The van der Waals surface area contributed by atoms with E-state index in [2.05, 4.69) is 4.98 Å². The van der Waals surface area contributed by atoms with Gasteiger partial charge in [-0.05, 0) is 18.4 Å². The number of imidazole rings is 1. The summed E-state index contributed by atoms with van der Waals surface area (Å²) in [5, 5.41) is 1.99. The van der Waals surface area contributed by atoms with Gasteiger partial charge in [-0.2, -0.15) is 0 Å². The molecule has 2 aliphatic heterocycles. The first kappa shape index (κ1) is 18.2. The lowest BCUT2D eigenvalue weighted by Crippen LogP contribution is -2.48. The number of rotatable bonds is 3. The largest absolute Gasteiger partial charge is 0.379 e. The van der Waals surface area contributed by atoms with Gasteiger partial charge in [0.2, 0.25) is 5.91 Å². The summed E-state index contributed by atoms with van der Waals surface area (Å²) in [6, 6.07) is 3.85. The van der Waals surface area contributed by atoms with Crippen LogP contribution in [0.1, 0.15) is 21.1 Å². The van der Waals surface area contributed by atoms with Crippen LogP contribution in [0.15, 0.2) is 23.8 Å². The third kappa shape index (κ3) is 3.64. The Morgan fingerprint density at radius 1 is 1.30 bits per heavy atom. The van der Waals surface area contributed by atoms with Gasteiger partial charge in [0, 0.05) is 37.5 Å². The topological polar surface area (TPSA) is 67.7 Å². The summed E-state index contributed by atoms with van der Waals surface area (Å²) in [4.78, 5) is 35.2. The first-order chi connectivity index (χ1) is 13.0. The van der Waals surface area contributed by atoms with Gasteiger partial charge in [0.15, 0.2) is 0 Å². The molecule has 0 unspecified atom stereocenters. The van der Waals surface area contributed by atoms with Crippen molar-refractivity contribution in [3.05, 3.63) is 40.1 Å². The maximum absolute atomic E-state index is 13.1. The molecule has 0 saturated carbocycles. The second kappa shape index (κ2) is 7.44. The van der Waals surface area contributed by atoms with E-state index in [0.29, 0.717) is 45.0 Å². The van der Waals surface area contributed by atoms with Gasteiger partial charge in [-0.1, -0.05) is 6.07 Å². The Bertz CT molecular complexity index is 813. The number of aryl methyl sites for hydroxylation is 2. The summed E-state index contributed by atoms with van der Waals surface area (Å²) >= 11 is 1.60. The molecule has 4 rings (SSSR count). The fourth-order valence-electron chi connectivity index (χ4n) is 3.98. The van der Waals surface area contributed by atoms with Crippen LogP contribution in [0.3, 0.4) is 0 Å². The van der Waals surface area contributed by atoms with Crippen molar-refractivity contribution in [1.29, 1.82) is 0 Å². The van der Waals surface area contributed by atoms with Crippen LogP contribution < -0.4 is 0 Å². The van der Waals surface area contributed by atoms with E-state index in [0.717, 1.165) is 10.6 Å². The molecule has 2 bridgehead atoms. The van der Waals surface area contributed by atoms with E-state index in [-0.39, 0.29) is 23.8 Å². The zero-order valence-corrected chi connectivity index (χ0v) is 16.4. The average Bonchev–Trinajstić information content (AvgIpc) is 3.12. The molecule has 8 heteroatoms. The van der Waals surface area contributed by atoms with E-state index < -0.39 is 0 Å². The SMILES string of the molecule is Cc1ncn(C)c1C(=O)N1C[C@@H]2COC[C@H](C1)N(C(=O)Cc1cccs1)C2. The molecule has 144 valence electrons. The number of carbonyl (C=O) groups is 2. The number of carbonyl (C=O) groups excluding carboxylic acids is 2. The molecule has 2 aromatic heterocycles. The normalized spacial score (nSPS) is 22.6. The Kier molecular flexibility index (Phi) is 5.01. The fourth-order valence-corrected chi connectivity index (χ4v) is 4.68. The van der Waals surface area contributed by atoms with Gasteiger partial charge >= 0.3 is 0 Å². The molecule has 0 aromatic carbocycles. The van der Waals surface area contributed by atoms with Gasteiger partial charge < -0.3 is 19.1 Å². The van der Waals surface area contributed by atoms with Crippen molar-refractivity contribution < 1.29 is 14.3 Å². The average molecular weight is 388 g/mol. The first-order valence-electron chi connectivity index (χ1n) is 9.19. The molecule has 2 saturated heterocycles. The fraction of sp³-hybridized carbons (Fsp3) is 0.526. The van der Waals surface area contributed by atoms with E-state index in [9.17, 15) is 9.59 Å². The van der Waals surface area contributed by atoms with Crippen molar-refractivity contribution in [2.45, 2.75) is 19.4 Å². The Morgan fingerprint density at radius 3 is 2.85 bits per heavy atom. The minimum absolute atomic E-state index is 0.0167. The van der Waals surface area contributed by atoms with Gasteiger partial charge in [-0.15, -0.1) is 11.3 Å². The standard InChI is InChI=1S/C19H24N4O3S/c1-13-18(21(2)12-20-13)19(25)22-7-14-8-23(15(9-22)11-26-10-14)17(24)6-16-4-3-5-27-16/h3-5,12,14-15H,6-11H2,1-2H3/t14-,15-/m0/s1. The van der Waals surface area contributed by atoms with Crippen LogP contribution in [0.5, 0.6) is 0 Å². The van der Waals surface area contributed by atoms with Crippen molar-refractivity contribution in [2.24, 2.45) is 13.0 Å². The predicted molar refractivity (Wildman–Crippen MR) is 102 cm³/mol. The van der Waals surface area contributed by atoms with Crippen LogP contribution in [0.25, 0.3) is 0 Å². The lowest BCUT2D eigenvalue weighted by Gasteiger charge is -2.31. The van der Waals surface area contributed by atoms with E-state index in [1.54, 1.807) is 22.2 Å². The quantitative estimate of drug-likeness (QED) is 0.796.